The van der Waals surface area contributed by atoms with E-state index in [9.17, 15) is 4.79 Å². The minimum atomic E-state index is -0.592. The van der Waals surface area contributed by atoms with Crippen molar-refractivity contribution >= 4 is 17.5 Å². The molecule has 0 fully saturated rings. The van der Waals surface area contributed by atoms with Crippen LogP contribution in [0.15, 0.2) is 6.20 Å². The molecule has 0 saturated heterocycles. The molecule has 0 aromatic carbocycles. The van der Waals surface area contributed by atoms with Crippen LogP contribution in [0.2, 0.25) is 0 Å². The lowest BCUT2D eigenvalue weighted by Crippen LogP contribution is -2.17. The summed E-state index contributed by atoms with van der Waals surface area (Å²) >= 11 is 0. The first kappa shape index (κ1) is 13.1. The third-order valence-corrected chi connectivity index (χ3v) is 1.99. The van der Waals surface area contributed by atoms with Crippen LogP contribution in [0, 0.1) is 5.41 Å². The number of aromatic nitrogens is 2. The van der Waals surface area contributed by atoms with E-state index in [1.54, 1.807) is 6.92 Å². The van der Waals surface area contributed by atoms with Crippen LogP contribution in [0.1, 0.15) is 37.0 Å². The summed E-state index contributed by atoms with van der Waals surface area (Å²) in [4.78, 5) is 19.2. The minimum Gasteiger partial charge on any atom is -0.463 e. The third kappa shape index (κ3) is 3.24. The average Bonchev–Trinajstić information content (AvgIpc) is 2.26. The van der Waals surface area contributed by atoms with Gasteiger partial charge in [-0.1, -0.05) is 0 Å². The lowest BCUT2D eigenvalue weighted by Gasteiger charge is -2.13. The largest absolute Gasteiger partial charge is 0.463 e. The quantitative estimate of drug-likeness (QED) is 0.610. The van der Waals surface area contributed by atoms with E-state index in [0.717, 1.165) is 0 Å². The number of hydrogen-bond donors (Lipinski definition) is 2. The number of methoxy groups -OCH3 is 1. The number of nitrogens with one attached hydrogen (secondary N) is 2. The molecule has 6 nitrogen and oxygen atoms in total. The van der Waals surface area contributed by atoms with Gasteiger partial charge in [0.15, 0.2) is 0 Å². The molecule has 0 unspecified atom stereocenters. The van der Waals surface area contributed by atoms with Gasteiger partial charge in [0, 0.05) is 18.0 Å². The van der Waals surface area contributed by atoms with Gasteiger partial charge in [-0.15, -0.1) is 0 Å². The summed E-state index contributed by atoms with van der Waals surface area (Å²) in [6.45, 7) is 5.54. The average molecular weight is 236 g/mol. The molecule has 0 saturated carbocycles. The van der Waals surface area contributed by atoms with Crippen LogP contribution in [0.4, 0.5) is 5.82 Å². The number of carbonyl (C=O) groups excluding carboxylic acids is 1. The summed E-state index contributed by atoms with van der Waals surface area (Å²) < 4.78 is 4.55. The van der Waals surface area contributed by atoms with E-state index in [-0.39, 0.29) is 11.9 Å². The molecule has 92 valence electrons. The maximum Gasteiger partial charge on any atom is 0.376 e. The zero-order chi connectivity index (χ0) is 13.0. The van der Waals surface area contributed by atoms with Crippen molar-refractivity contribution in [1.82, 2.24) is 9.97 Å². The summed E-state index contributed by atoms with van der Waals surface area (Å²) in [5.74, 6) is -0.130. The second-order valence-electron chi connectivity index (χ2n) is 3.87. The Balaban J connectivity index is 3.18. The highest BCUT2D eigenvalue weighted by Crippen LogP contribution is 2.14. The molecule has 0 aliphatic rings. The van der Waals surface area contributed by atoms with E-state index in [2.05, 4.69) is 20.0 Å². The first-order valence-electron chi connectivity index (χ1n) is 5.23. The zero-order valence-electron chi connectivity index (χ0n) is 10.4. The lowest BCUT2D eigenvalue weighted by molar-refractivity contribution is 0.0587. The van der Waals surface area contributed by atoms with Gasteiger partial charge in [0.2, 0.25) is 5.82 Å². The standard InChI is InChI=1S/C11H16N4O2/c1-6(2)14-9-8(7(3)12)5-13-10(15-9)11(16)17-4/h5-6,12H,1-4H3,(H,13,14,15). The Bertz CT molecular complexity index is 443. The van der Waals surface area contributed by atoms with Crippen molar-refractivity contribution in [3.63, 3.8) is 0 Å². The fourth-order valence-corrected chi connectivity index (χ4v) is 1.23. The second kappa shape index (κ2) is 5.38. The molecule has 0 spiro atoms. The van der Waals surface area contributed by atoms with Crippen LogP contribution < -0.4 is 5.32 Å². The van der Waals surface area contributed by atoms with Crippen molar-refractivity contribution in [3.8, 4) is 0 Å². The van der Waals surface area contributed by atoms with Gasteiger partial charge in [-0.05, 0) is 20.8 Å². The van der Waals surface area contributed by atoms with Crippen molar-refractivity contribution in [2.24, 2.45) is 0 Å². The van der Waals surface area contributed by atoms with Crippen molar-refractivity contribution in [2.45, 2.75) is 26.8 Å². The van der Waals surface area contributed by atoms with Crippen molar-refractivity contribution in [1.29, 1.82) is 5.41 Å². The van der Waals surface area contributed by atoms with E-state index in [0.29, 0.717) is 17.1 Å². The van der Waals surface area contributed by atoms with Gasteiger partial charge in [-0.2, -0.15) is 0 Å². The molecule has 0 radical (unpaired) electrons. The van der Waals surface area contributed by atoms with Crippen LogP contribution >= 0.6 is 0 Å². The predicted molar refractivity (Wildman–Crippen MR) is 64.6 cm³/mol. The molecule has 17 heavy (non-hydrogen) atoms. The van der Waals surface area contributed by atoms with Crippen molar-refractivity contribution in [3.05, 3.63) is 17.6 Å². The van der Waals surface area contributed by atoms with E-state index in [1.807, 2.05) is 13.8 Å². The van der Waals surface area contributed by atoms with E-state index in [1.165, 1.54) is 13.3 Å². The molecule has 1 aromatic heterocycles. The number of nitrogens with zero attached hydrogens (tertiary/aromatic N) is 2. The van der Waals surface area contributed by atoms with Crippen LogP contribution in [-0.2, 0) is 4.74 Å². The molecular formula is C11H16N4O2. The number of hydrogen-bond acceptors (Lipinski definition) is 6. The topological polar surface area (TPSA) is 88.0 Å². The van der Waals surface area contributed by atoms with Gasteiger partial charge in [-0.3, -0.25) is 0 Å². The summed E-state index contributed by atoms with van der Waals surface area (Å²) in [5.41, 5.74) is 0.913. The molecule has 1 aromatic rings. The molecule has 0 aliphatic heterocycles. The fourth-order valence-electron chi connectivity index (χ4n) is 1.23. The molecule has 0 atom stereocenters. The smallest absolute Gasteiger partial charge is 0.376 e. The molecule has 0 amide bonds. The van der Waals surface area contributed by atoms with Crippen LogP contribution in [0.5, 0.6) is 0 Å². The van der Waals surface area contributed by atoms with E-state index >= 15 is 0 Å². The molecule has 0 bridgehead atoms. The minimum absolute atomic E-state index is 0.0133. The van der Waals surface area contributed by atoms with Crippen LogP contribution in [0.3, 0.4) is 0 Å². The van der Waals surface area contributed by atoms with Gasteiger partial charge in [0.25, 0.3) is 0 Å². The Morgan fingerprint density at radius 2 is 2.18 bits per heavy atom. The second-order valence-corrected chi connectivity index (χ2v) is 3.87. The fraction of sp³-hybridized carbons (Fsp3) is 0.455. The highest BCUT2D eigenvalue weighted by molar-refractivity contribution is 6.00. The summed E-state index contributed by atoms with van der Waals surface area (Å²) in [6, 6.07) is 0.147. The zero-order valence-corrected chi connectivity index (χ0v) is 10.4. The Kier molecular flexibility index (Phi) is 4.14. The summed E-state index contributed by atoms with van der Waals surface area (Å²) in [6.07, 6.45) is 1.45. The number of anilines is 1. The first-order chi connectivity index (χ1) is 7.95. The third-order valence-electron chi connectivity index (χ3n) is 1.99. The predicted octanol–water partition coefficient (Wildman–Crippen LogP) is 1.47. The molecule has 6 heteroatoms. The monoisotopic (exact) mass is 236 g/mol. The number of rotatable bonds is 4. The Labute approximate surface area is 99.9 Å². The van der Waals surface area contributed by atoms with Gasteiger partial charge < -0.3 is 15.5 Å². The van der Waals surface area contributed by atoms with Gasteiger partial charge in [0.05, 0.1) is 12.7 Å². The Hall–Kier alpha value is -1.98. The maximum atomic E-state index is 11.3. The molecule has 0 aliphatic carbocycles. The first-order valence-corrected chi connectivity index (χ1v) is 5.23. The van der Waals surface area contributed by atoms with Gasteiger partial charge in [0.1, 0.15) is 5.82 Å². The summed E-state index contributed by atoms with van der Waals surface area (Å²) in [7, 11) is 1.27. The molecular weight excluding hydrogens is 220 g/mol. The van der Waals surface area contributed by atoms with Crippen LogP contribution in [-0.4, -0.2) is 34.8 Å². The van der Waals surface area contributed by atoms with Crippen molar-refractivity contribution in [2.75, 3.05) is 12.4 Å². The molecule has 1 rings (SSSR count). The SMILES string of the molecule is COC(=O)c1ncc(C(C)=N)c(NC(C)C)n1. The number of ether oxygens (including phenoxy) is 1. The van der Waals surface area contributed by atoms with Crippen molar-refractivity contribution < 1.29 is 9.53 Å². The number of esters is 1. The maximum absolute atomic E-state index is 11.3. The highest BCUT2D eigenvalue weighted by Gasteiger charge is 2.14. The summed E-state index contributed by atoms with van der Waals surface area (Å²) in [5, 5.41) is 10.7. The molecule has 2 N–H and O–H groups in total. The highest BCUT2D eigenvalue weighted by atomic mass is 16.5. The van der Waals surface area contributed by atoms with Crippen LogP contribution in [0.25, 0.3) is 0 Å². The van der Waals surface area contributed by atoms with Gasteiger partial charge >= 0.3 is 5.97 Å². The lowest BCUT2D eigenvalue weighted by atomic mass is 10.2. The molecule has 1 heterocycles. The van der Waals surface area contributed by atoms with E-state index < -0.39 is 5.97 Å². The van der Waals surface area contributed by atoms with E-state index in [4.69, 9.17) is 5.41 Å². The normalized spacial score (nSPS) is 10.2. The van der Waals surface area contributed by atoms with Gasteiger partial charge in [-0.25, -0.2) is 14.8 Å². The Morgan fingerprint density at radius 1 is 1.53 bits per heavy atom. The number of carbonyl (C=O) groups is 1. The Morgan fingerprint density at radius 3 is 2.65 bits per heavy atom.